The summed E-state index contributed by atoms with van der Waals surface area (Å²) in [5.41, 5.74) is 0. The number of rotatable bonds is 2. The van der Waals surface area contributed by atoms with Gasteiger partial charge in [-0.25, -0.2) is 0 Å². The molecule has 1 aliphatic heterocycles. The van der Waals surface area contributed by atoms with E-state index in [9.17, 15) is 0 Å². The van der Waals surface area contributed by atoms with Crippen molar-refractivity contribution in [3.63, 3.8) is 0 Å². The standard InChI is InChI=1S/C12H16N2O/c1-10(13)14-8-7-12(9-14)15-11-5-3-2-4-6-11/h2-6,12-13H,7-9H2,1H3/t12-/m0/s1. The van der Waals surface area contributed by atoms with E-state index in [1.165, 1.54) is 0 Å². The molecule has 0 amide bonds. The highest BCUT2D eigenvalue weighted by molar-refractivity contribution is 5.76. The summed E-state index contributed by atoms with van der Waals surface area (Å²) in [5.74, 6) is 1.56. The average Bonchev–Trinajstić information content (AvgIpc) is 2.68. The van der Waals surface area contributed by atoms with E-state index in [-0.39, 0.29) is 6.10 Å². The molecule has 3 nitrogen and oxygen atoms in total. The minimum Gasteiger partial charge on any atom is -0.489 e. The Balaban J connectivity index is 1.90. The minimum absolute atomic E-state index is 0.229. The molecule has 0 radical (unpaired) electrons. The van der Waals surface area contributed by atoms with Crippen molar-refractivity contribution in [3.05, 3.63) is 30.3 Å². The highest BCUT2D eigenvalue weighted by atomic mass is 16.5. The van der Waals surface area contributed by atoms with Crippen molar-refractivity contribution in [1.29, 1.82) is 5.41 Å². The molecule has 1 heterocycles. The van der Waals surface area contributed by atoms with Gasteiger partial charge in [-0.1, -0.05) is 18.2 Å². The van der Waals surface area contributed by atoms with Gasteiger partial charge in [-0.2, -0.15) is 0 Å². The molecule has 1 atom stereocenters. The van der Waals surface area contributed by atoms with Crippen LogP contribution in [-0.2, 0) is 0 Å². The number of nitrogens with one attached hydrogen (secondary N) is 1. The molecule has 1 N–H and O–H groups in total. The molecule has 0 saturated carbocycles. The highest BCUT2D eigenvalue weighted by Crippen LogP contribution is 2.17. The van der Waals surface area contributed by atoms with Gasteiger partial charge in [-0.3, -0.25) is 5.41 Å². The van der Waals surface area contributed by atoms with Crippen LogP contribution in [0.2, 0.25) is 0 Å². The van der Waals surface area contributed by atoms with Crippen molar-refractivity contribution in [3.8, 4) is 5.75 Å². The molecule has 0 bridgehead atoms. The average molecular weight is 204 g/mol. The van der Waals surface area contributed by atoms with Crippen LogP contribution in [-0.4, -0.2) is 29.9 Å². The third-order valence-electron chi connectivity index (χ3n) is 2.67. The van der Waals surface area contributed by atoms with Gasteiger partial charge in [0.1, 0.15) is 11.9 Å². The van der Waals surface area contributed by atoms with Crippen LogP contribution < -0.4 is 4.74 Å². The molecule has 80 valence electrons. The fraction of sp³-hybridized carbons (Fsp3) is 0.417. The quantitative estimate of drug-likeness (QED) is 0.592. The summed E-state index contributed by atoms with van der Waals surface area (Å²) >= 11 is 0. The number of amidine groups is 1. The second-order valence-corrected chi connectivity index (χ2v) is 3.87. The van der Waals surface area contributed by atoms with E-state index in [1.807, 2.05) is 42.2 Å². The normalized spacial score (nSPS) is 20.3. The van der Waals surface area contributed by atoms with Crippen LogP contribution >= 0.6 is 0 Å². The molecule has 0 aliphatic carbocycles. The smallest absolute Gasteiger partial charge is 0.119 e. The first-order valence-electron chi connectivity index (χ1n) is 5.27. The van der Waals surface area contributed by atoms with Gasteiger partial charge in [0.25, 0.3) is 0 Å². The lowest BCUT2D eigenvalue weighted by atomic mass is 10.3. The maximum absolute atomic E-state index is 7.53. The lowest BCUT2D eigenvalue weighted by Gasteiger charge is -2.17. The lowest BCUT2D eigenvalue weighted by Crippen LogP contribution is -2.28. The van der Waals surface area contributed by atoms with Crippen molar-refractivity contribution in [2.45, 2.75) is 19.4 Å². The molecule has 1 aliphatic rings. The first-order chi connectivity index (χ1) is 7.25. The number of ether oxygens (including phenoxy) is 1. The Bertz CT molecular complexity index is 337. The molecule has 1 fully saturated rings. The van der Waals surface area contributed by atoms with Crippen LogP contribution in [0.25, 0.3) is 0 Å². The minimum atomic E-state index is 0.229. The summed E-state index contributed by atoms with van der Waals surface area (Å²) in [7, 11) is 0. The van der Waals surface area contributed by atoms with Gasteiger partial charge in [0.2, 0.25) is 0 Å². The fourth-order valence-electron chi connectivity index (χ4n) is 1.82. The molecule has 0 spiro atoms. The Labute approximate surface area is 90.2 Å². The molecule has 1 aromatic rings. The molecule has 2 rings (SSSR count). The molecule has 15 heavy (non-hydrogen) atoms. The topological polar surface area (TPSA) is 36.3 Å². The van der Waals surface area contributed by atoms with Gasteiger partial charge in [0, 0.05) is 13.0 Å². The molecule has 0 aromatic heterocycles. The number of hydrogen-bond acceptors (Lipinski definition) is 2. The third kappa shape index (κ3) is 2.49. The monoisotopic (exact) mass is 204 g/mol. The highest BCUT2D eigenvalue weighted by Gasteiger charge is 2.23. The Morgan fingerprint density at radius 1 is 1.40 bits per heavy atom. The fourth-order valence-corrected chi connectivity index (χ4v) is 1.82. The number of nitrogens with zero attached hydrogens (tertiary/aromatic N) is 1. The van der Waals surface area contributed by atoms with Crippen LogP contribution in [0.4, 0.5) is 0 Å². The van der Waals surface area contributed by atoms with Crippen molar-refractivity contribution in [1.82, 2.24) is 4.90 Å². The molecular formula is C12H16N2O. The zero-order chi connectivity index (χ0) is 10.7. The SMILES string of the molecule is CC(=N)N1CC[C@H](Oc2ccccc2)C1. The Kier molecular flexibility index (Phi) is 2.90. The molecular weight excluding hydrogens is 188 g/mol. The van der Waals surface area contributed by atoms with Gasteiger partial charge in [0.05, 0.1) is 12.4 Å². The van der Waals surface area contributed by atoms with Crippen LogP contribution in [0.5, 0.6) is 5.75 Å². The Morgan fingerprint density at radius 2 is 2.13 bits per heavy atom. The van der Waals surface area contributed by atoms with E-state index in [1.54, 1.807) is 0 Å². The largest absolute Gasteiger partial charge is 0.489 e. The van der Waals surface area contributed by atoms with E-state index in [2.05, 4.69) is 0 Å². The van der Waals surface area contributed by atoms with E-state index in [0.29, 0.717) is 5.84 Å². The predicted molar refractivity (Wildman–Crippen MR) is 60.4 cm³/mol. The van der Waals surface area contributed by atoms with Crippen LogP contribution in [0.3, 0.4) is 0 Å². The summed E-state index contributed by atoms with van der Waals surface area (Å²) < 4.78 is 5.82. The summed E-state index contributed by atoms with van der Waals surface area (Å²) in [6.45, 7) is 3.60. The van der Waals surface area contributed by atoms with Crippen molar-refractivity contribution >= 4 is 5.84 Å². The maximum atomic E-state index is 7.53. The second-order valence-electron chi connectivity index (χ2n) is 3.87. The molecule has 1 saturated heterocycles. The van der Waals surface area contributed by atoms with E-state index in [4.69, 9.17) is 10.1 Å². The van der Waals surface area contributed by atoms with Crippen LogP contribution in [0.1, 0.15) is 13.3 Å². The third-order valence-corrected chi connectivity index (χ3v) is 2.67. The zero-order valence-electron chi connectivity index (χ0n) is 8.94. The van der Waals surface area contributed by atoms with Crippen LogP contribution in [0, 0.1) is 5.41 Å². The van der Waals surface area contributed by atoms with Gasteiger partial charge >= 0.3 is 0 Å². The van der Waals surface area contributed by atoms with Gasteiger partial charge < -0.3 is 9.64 Å². The van der Waals surface area contributed by atoms with Crippen molar-refractivity contribution in [2.75, 3.05) is 13.1 Å². The van der Waals surface area contributed by atoms with Gasteiger partial charge in [-0.05, 0) is 19.1 Å². The molecule has 0 unspecified atom stereocenters. The summed E-state index contributed by atoms with van der Waals surface area (Å²) in [6.07, 6.45) is 1.23. The van der Waals surface area contributed by atoms with E-state index >= 15 is 0 Å². The predicted octanol–water partition coefficient (Wildman–Crippen LogP) is 2.14. The van der Waals surface area contributed by atoms with Crippen molar-refractivity contribution < 1.29 is 4.74 Å². The number of hydrogen-bond donors (Lipinski definition) is 1. The van der Waals surface area contributed by atoms with E-state index < -0.39 is 0 Å². The Morgan fingerprint density at radius 3 is 2.73 bits per heavy atom. The number of para-hydroxylation sites is 1. The number of likely N-dealkylation sites (tertiary alicyclic amines) is 1. The van der Waals surface area contributed by atoms with Crippen LogP contribution in [0.15, 0.2) is 30.3 Å². The first-order valence-corrected chi connectivity index (χ1v) is 5.27. The van der Waals surface area contributed by atoms with Gasteiger partial charge in [-0.15, -0.1) is 0 Å². The first kappa shape index (κ1) is 10.0. The van der Waals surface area contributed by atoms with E-state index in [0.717, 1.165) is 25.3 Å². The molecule has 3 heteroatoms. The zero-order valence-corrected chi connectivity index (χ0v) is 8.94. The summed E-state index contributed by atoms with van der Waals surface area (Å²) in [5, 5.41) is 7.53. The van der Waals surface area contributed by atoms with Gasteiger partial charge in [0.15, 0.2) is 0 Å². The second kappa shape index (κ2) is 4.34. The lowest BCUT2D eigenvalue weighted by molar-refractivity contribution is 0.214. The maximum Gasteiger partial charge on any atom is 0.119 e. The summed E-state index contributed by atoms with van der Waals surface area (Å²) in [4.78, 5) is 2.05. The van der Waals surface area contributed by atoms with Crippen molar-refractivity contribution in [2.24, 2.45) is 0 Å². The summed E-state index contributed by atoms with van der Waals surface area (Å²) in [6, 6.07) is 9.88. The Hall–Kier alpha value is -1.51. The number of benzene rings is 1. The molecule has 1 aromatic carbocycles.